The van der Waals surface area contributed by atoms with E-state index < -0.39 is 0 Å². The largest absolute Gasteiger partial charge is 0.268 e. The van der Waals surface area contributed by atoms with E-state index >= 15 is 0 Å². The monoisotopic (exact) mass is 225 g/mol. The van der Waals surface area contributed by atoms with Gasteiger partial charge in [0.2, 0.25) is 0 Å². The summed E-state index contributed by atoms with van der Waals surface area (Å²) in [6.45, 7) is 2.07. The van der Waals surface area contributed by atoms with Gasteiger partial charge in [-0.25, -0.2) is 9.97 Å². The van der Waals surface area contributed by atoms with E-state index in [-0.39, 0.29) is 5.56 Å². The number of aryl methyl sites for hydroxylation is 1. The van der Waals surface area contributed by atoms with Crippen molar-refractivity contribution in [3.05, 3.63) is 52.6 Å². The van der Waals surface area contributed by atoms with E-state index in [4.69, 9.17) is 0 Å². The molecule has 0 spiro atoms. The molecule has 4 nitrogen and oxygen atoms in total. The van der Waals surface area contributed by atoms with Crippen molar-refractivity contribution in [2.24, 2.45) is 0 Å². The van der Waals surface area contributed by atoms with Gasteiger partial charge in [0.15, 0.2) is 5.65 Å². The first-order valence-electron chi connectivity index (χ1n) is 5.55. The van der Waals surface area contributed by atoms with Crippen LogP contribution in [0.5, 0.6) is 0 Å². The summed E-state index contributed by atoms with van der Waals surface area (Å²) in [6.07, 6.45) is 4.34. The molecule has 0 radical (unpaired) electrons. The van der Waals surface area contributed by atoms with Gasteiger partial charge in [-0.3, -0.25) is 9.20 Å². The summed E-state index contributed by atoms with van der Waals surface area (Å²) in [4.78, 5) is 20.7. The zero-order valence-electron chi connectivity index (χ0n) is 9.42. The maximum atomic E-state index is 12.2. The second-order valence-electron chi connectivity index (χ2n) is 3.91. The predicted molar refractivity (Wildman–Crippen MR) is 66.1 cm³/mol. The van der Waals surface area contributed by atoms with Crippen LogP contribution in [0.15, 0.2) is 41.5 Å². The van der Waals surface area contributed by atoms with Gasteiger partial charge in [0.25, 0.3) is 5.56 Å². The number of nitrogens with zero attached hydrogens (tertiary/aromatic N) is 3. The summed E-state index contributed by atoms with van der Waals surface area (Å²) in [5.74, 6) is 0. The fourth-order valence-corrected chi connectivity index (χ4v) is 1.90. The van der Waals surface area contributed by atoms with Gasteiger partial charge in [-0.05, 0) is 36.2 Å². The maximum absolute atomic E-state index is 12.2. The fourth-order valence-electron chi connectivity index (χ4n) is 1.90. The molecule has 3 aromatic rings. The van der Waals surface area contributed by atoms with E-state index in [1.807, 2.05) is 12.1 Å². The highest BCUT2D eigenvalue weighted by atomic mass is 16.1. The molecule has 0 fully saturated rings. The van der Waals surface area contributed by atoms with Crippen molar-refractivity contribution < 1.29 is 0 Å². The van der Waals surface area contributed by atoms with Crippen LogP contribution in [0.2, 0.25) is 0 Å². The first kappa shape index (κ1) is 9.96. The lowest BCUT2D eigenvalue weighted by Crippen LogP contribution is -2.15. The van der Waals surface area contributed by atoms with Crippen LogP contribution in [0.1, 0.15) is 12.5 Å². The second-order valence-corrected chi connectivity index (χ2v) is 3.91. The normalized spacial score (nSPS) is 11.1. The Kier molecular flexibility index (Phi) is 2.14. The molecule has 0 aliphatic carbocycles. The van der Waals surface area contributed by atoms with Gasteiger partial charge in [0.05, 0.1) is 5.39 Å². The summed E-state index contributed by atoms with van der Waals surface area (Å²) in [7, 11) is 0. The van der Waals surface area contributed by atoms with Crippen molar-refractivity contribution >= 4 is 16.7 Å². The number of pyridine rings is 2. The van der Waals surface area contributed by atoms with E-state index in [0.29, 0.717) is 16.7 Å². The van der Waals surface area contributed by atoms with Gasteiger partial charge in [-0.15, -0.1) is 0 Å². The summed E-state index contributed by atoms with van der Waals surface area (Å²) >= 11 is 0. The number of rotatable bonds is 1. The molecule has 84 valence electrons. The van der Waals surface area contributed by atoms with E-state index in [1.165, 1.54) is 0 Å². The molecule has 3 heterocycles. The molecule has 0 saturated carbocycles. The molecule has 0 bridgehead atoms. The summed E-state index contributed by atoms with van der Waals surface area (Å²) < 4.78 is 1.56. The third-order valence-corrected chi connectivity index (χ3v) is 2.86. The predicted octanol–water partition coefficient (Wildman–Crippen LogP) is 1.81. The molecule has 0 aliphatic rings. The van der Waals surface area contributed by atoms with Gasteiger partial charge in [-0.1, -0.05) is 6.92 Å². The van der Waals surface area contributed by atoms with Gasteiger partial charge < -0.3 is 0 Å². The quantitative estimate of drug-likeness (QED) is 0.593. The first-order chi connectivity index (χ1) is 8.29. The van der Waals surface area contributed by atoms with Crippen LogP contribution in [0.25, 0.3) is 16.7 Å². The highest BCUT2D eigenvalue weighted by molar-refractivity contribution is 5.75. The maximum Gasteiger partial charge on any atom is 0.267 e. The van der Waals surface area contributed by atoms with E-state index in [1.54, 1.807) is 28.9 Å². The minimum atomic E-state index is -0.0687. The Morgan fingerprint density at radius 2 is 2.24 bits per heavy atom. The number of aromatic nitrogens is 3. The SMILES string of the molecule is CCc1ccn2c(=O)c3cccnc3nc2c1. The summed E-state index contributed by atoms with van der Waals surface area (Å²) in [5, 5.41) is 0.550. The van der Waals surface area contributed by atoms with Crippen LogP contribution < -0.4 is 5.56 Å². The van der Waals surface area contributed by atoms with Crippen molar-refractivity contribution in [2.75, 3.05) is 0 Å². The van der Waals surface area contributed by atoms with Crippen molar-refractivity contribution in [2.45, 2.75) is 13.3 Å². The molecule has 0 amide bonds. The Bertz CT molecular complexity index is 761. The van der Waals surface area contributed by atoms with Crippen molar-refractivity contribution in [3.8, 4) is 0 Å². The molecule has 0 atom stereocenters. The topological polar surface area (TPSA) is 47.3 Å². The highest BCUT2D eigenvalue weighted by Crippen LogP contribution is 2.08. The minimum Gasteiger partial charge on any atom is -0.268 e. The van der Waals surface area contributed by atoms with E-state index in [2.05, 4.69) is 16.9 Å². The summed E-state index contributed by atoms with van der Waals surface area (Å²) in [6, 6.07) is 7.36. The third kappa shape index (κ3) is 1.49. The Balaban J connectivity index is 2.50. The molecule has 0 aliphatic heterocycles. The average Bonchev–Trinajstić information content (AvgIpc) is 2.38. The van der Waals surface area contributed by atoms with Gasteiger partial charge in [0, 0.05) is 12.4 Å². The molecule has 0 N–H and O–H groups in total. The van der Waals surface area contributed by atoms with Crippen molar-refractivity contribution in [1.82, 2.24) is 14.4 Å². The molecule has 0 unspecified atom stereocenters. The number of hydrogen-bond donors (Lipinski definition) is 0. The summed E-state index contributed by atoms with van der Waals surface area (Å²) in [5.41, 5.74) is 2.25. The second kappa shape index (κ2) is 3.66. The molecule has 17 heavy (non-hydrogen) atoms. The number of fused-ring (bicyclic) bond motifs is 2. The third-order valence-electron chi connectivity index (χ3n) is 2.86. The first-order valence-corrected chi connectivity index (χ1v) is 5.55. The van der Waals surface area contributed by atoms with Crippen LogP contribution in [-0.2, 0) is 6.42 Å². The van der Waals surface area contributed by atoms with Crippen LogP contribution in [0, 0.1) is 0 Å². The Hall–Kier alpha value is -2.23. The van der Waals surface area contributed by atoms with E-state index in [0.717, 1.165) is 12.0 Å². The molecule has 3 aromatic heterocycles. The molecule has 0 aromatic carbocycles. The minimum absolute atomic E-state index is 0.0687. The lowest BCUT2D eigenvalue weighted by molar-refractivity contribution is 1.04. The highest BCUT2D eigenvalue weighted by Gasteiger charge is 2.05. The zero-order valence-corrected chi connectivity index (χ0v) is 9.42. The standard InChI is InChI=1S/C13H11N3O/c1-2-9-5-7-16-11(8-9)15-12-10(13(16)17)4-3-6-14-12/h3-8H,2H2,1H3. The average molecular weight is 225 g/mol. The van der Waals surface area contributed by atoms with Gasteiger partial charge >= 0.3 is 0 Å². The smallest absolute Gasteiger partial charge is 0.267 e. The van der Waals surface area contributed by atoms with Crippen LogP contribution in [-0.4, -0.2) is 14.4 Å². The van der Waals surface area contributed by atoms with Crippen molar-refractivity contribution in [1.29, 1.82) is 0 Å². The molecule has 0 saturated heterocycles. The molecule has 4 heteroatoms. The molecule has 3 rings (SSSR count). The van der Waals surface area contributed by atoms with Crippen LogP contribution >= 0.6 is 0 Å². The van der Waals surface area contributed by atoms with Crippen LogP contribution in [0.4, 0.5) is 0 Å². The van der Waals surface area contributed by atoms with E-state index in [9.17, 15) is 4.79 Å². The lowest BCUT2D eigenvalue weighted by atomic mass is 10.2. The van der Waals surface area contributed by atoms with Gasteiger partial charge in [-0.2, -0.15) is 0 Å². The number of hydrogen-bond acceptors (Lipinski definition) is 3. The van der Waals surface area contributed by atoms with Crippen molar-refractivity contribution in [3.63, 3.8) is 0 Å². The molecular formula is C13H11N3O. The van der Waals surface area contributed by atoms with Gasteiger partial charge in [0.1, 0.15) is 5.65 Å². The Morgan fingerprint density at radius 1 is 1.35 bits per heavy atom. The Labute approximate surface area is 97.6 Å². The zero-order chi connectivity index (χ0) is 11.8. The fraction of sp³-hybridized carbons (Fsp3) is 0.154. The lowest BCUT2D eigenvalue weighted by Gasteiger charge is -2.03. The Morgan fingerprint density at radius 3 is 3.06 bits per heavy atom. The molecular weight excluding hydrogens is 214 g/mol. The van der Waals surface area contributed by atoms with Crippen LogP contribution in [0.3, 0.4) is 0 Å².